The van der Waals surface area contributed by atoms with Gasteiger partial charge in [0.1, 0.15) is 5.75 Å². The van der Waals surface area contributed by atoms with Crippen molar-refractivity contribution in [1.82, 2.24) is 0 Å². The Morgan fingerprint density at radius 1 is 0.867 bits per heavy atom. The fraction of sp³-hybridized carbons (Fsp3) is 0.500. The van der Waals surface area contributed by atoms with Crippen LogP contribution in [0, 0.1) is 0 Å². The minimum atomic E-state index is -0.300. The SMILES string of the molecule is CC.COc1ccc(C(OC)OC)cc1. The molecule has 0 unspecified atom stereocenters. The number of benzene rings is 1. The van der Waals surface area contributed by atoms with E-state index >= 15 is 0 Å². The molecule has 0 amide bonds. The Morgan fingerprint density at radius 2 is 1.33 bits per heavy atom. The largest absolute Gasteiger partial charge is 0.497 e. The maximum Gasteiger partial charge on any atom is 0.183 e. The van der Waals surface area contributed by atoms with E-state index in [-0.39, 0.29) is 6.29 Å². The van der Waals surface area contributed by atoms with Gasteiger partial charge in [0, 0.05) is 19.8 Å². The molecule has 0 N–H and O–H groups in total. The van der Waals surface area contributed by atoms with E-state index in [1.54, 1.807) is 21.3 Å². The van der Waals surface area contributed by atoms with Crippen molar-refractivity contribution in [3.8, 4) is 5.75 Å². The number of ether oxygens (including phenoxy) is 3. The smallest absolute Gasteiger partial charge is 0.183 e. The van der Waals surface area contributed by atoms with Crippen LogP contribution in [0.25, 0.3) is 0 Å². The van der Waals surface area contributed by atoms with Gasteiger partial charge >= 0.3 is 0 Å². The third-order valence-corrected chi connectivity index (χ3v) is 1.82. The van der Waals surface area contributed by atoms with Gasteiger partial charge in [-0.15, -0.1) is 0 Å². The van der Waals surface area contributed by atoms with Crippen LogP contribution >= 0.6 is 0 Å². The molecule has 0 heterocycles. The molecule has 0 fully saturated rings. The lowest BCUT2D eigenvalue weighted by Gasteiger charge is -2.13. The summed E-state index contributed by atoms with van der Waals surface area (Å²) in [6.45, 7) is 4.00. The minimum Gasteiger partial charge on any atom is -0.497 e. The van der Waals surface area contributed by atoms with E-state index in [1.165, 1.54) is 0 Å². The van der Waals surface area contributed by atoms with Crippen molar-refractivity contribution in [2.24, 2.45) is 0 Å². The van der Waals surface area contributed by atoms with E-state index in [9.17, 15) is 0 Å². The van der Waals surface area contributed by atoms with Crippen LogP contribution in [0.2, 0.25) is 0 Å². The Hall–Kier alpha value is -1.06. The van der Waals surface area contributed by atoms with Gasteiger partial charge in [-0.3, -0.25) is 0 Å². The lowest BCUT2D eigenvalue weighted by atomic mass is 10.2. The van der Waals surface area contributed by atoms with E-state index in [2.05, 4.69) is 0 Å². The lowest BCUT2D eigenvalue weighted by molar-refractivity contribution is -0.106. The van der Waals surface area contributed by atoms with Gasteiger partial charge in [-0.05, 0) is 12.1 Å². The number of methoxy groups -OCH3 is 3. The fourth-order valence-corrected chi connectivity index (χ4v) is 1.13. The number of hydrogen-bond acceptors (Lipinski definition) is 3. The average Bonchev–Trinajstić information content (AvgIpc) is 2.34. The van der Waals surface area contributed by atoms with Gasteiger partial charge in [0.25, 0.3) is 0 Å². The monoisotopic (exact) mass is 212 g/mol. The van der Waals surface area contributed by atoms with Crippen molar-refractivity contribution in [3.05, 3.63) is 29.8 Å². The van der Waals surface area contributed by atoms with Crippen molar-refractivity contribution in [2.45, 2.75) is 20.1 Å². The summed E-state index contributed by atoms with van der Waals surface area (Å²) in [6, 6.07) is 7.58. The first-order valence-corrected chi connectivity index (χ1v) is 5.01. The van der Waals surface area contributed by atoms with Gasteiger partial charge < -0.3 is 14.2 Å². The highest BCUT2D eigenvalue weighted by Crippen LogP contribution is 2.19. The first kappa shape index (κ1) is 13.9. The molecule has 86 valence electrons. The molecule has 1 rings (SSSR count). The van der Waals surface area contributed by atoms with E-state index in [0.29, 0.717) is 0 Å². The lowest BCUT2D eigenvalue weighted by Crippen LogP contribution is -2.03. The van der Waals surface area contributed by atoms with E-state index in [4.69, 9.17) is 14.2 Å². The van der Waals surface area contributed by atoms with Crippen LogP contribution in [-0.2, 0) is 9.47 Å². The highest BCUT2D eigenvalue weighted by molar-refractivity contribution is 5.27. The first-order valence-electron chi connectivity index (χ1n) is 5.01. The van der Waals surface area contributed by atoms with E-state index in [1.807, 2.05) is 38.1 Å². The summed E-state index contributed by atoms with van der Waals surface area (Å²) in [5.41, 5.74) is 0.978. The van der Waals surface area contributed by atoms with E-state index < -0.39 is 0 Å². The molecule has 3 nitrogen and oxygen atoms in total. The molecule has 0 bridgehead atoms. The highest BCUT2D eigenvalue weighted by atomic mass is 16.7. The second-order valence-corrected chi connectivity index (χ2v) is 2.58. The van der Waals surface area contributed by atoms with Crippen LogP contribution in [0.5, 0.6) is 5.75 Å². The minimum absolute atomic E-state index is 0.300. The van der Waals surface area contributed by atoms with Gasteiger partial charge in [0.15, 0.2) is 6.29 Å². The van der Waals surface area contributed by atoms with Crippen LogP contribution < -0.4 is 4.74 Å². The molecular formula is C12H20O3. The zero-order valence-electron chi connectivity index (χ0n) is 10.1. The molecule has 3 heteroatoms. The molecule has 0 saturated carbocycles. The van der Waals surface area contributed by atoms with Gasteiger partial charge in [0.2, 0.25) is 0 Å². The molecule has 0 spiro atoms. The van der Waals surface area contributed by atoms with Crippen LogP contribution in [0.1, 0.15) is 25.7 Å². The average molecular weight is 212 g/mol. The quantitative estimate of drug-likeness (QED) is 0.718. The number of hydrogen-bond donors (Lipinski definition) is 0. The third kappa shape index (κ3) is 4.32. The number of rotatable bonds is 4. The molecule has 0 atom stereocenters. The molecular weight excluding hydrogens is 192 g/mol. The highest BCUT2D eigenvalue weighted by Gasteiger charge is 2.07. The molecule has 1 aromatic carbocycles. The summed E-state index contributed by atoms with van der Waals surface area (Å²) in [6.07, 6.45) is -0.300. The molecule has 1 aromatic rings. The Bertz CT molecular complexity index is 240. The zero-order valence-corrected chi connectivity index (χ0v) is 10.1. The maximum atomic E-state index is 5.10. The summed E-state index contributed by atoms with van der Waals surface area (Å²) < 4.78 is 15.2. The van der Waals surface area contributed by atoms with Gasteiger partial charge in [-0.2, -0.15) is 0 Å². The van der Waals surface area contributed by atoms with Crippen molar-refractivity contribution < 1.29 is 14.2 Å². The zero-order chi connectivity index (χ0) is 11.7. The molecule has 15 heavy (non-hydrogen) atoms. The summed E-state index contributed by atoms with van der Waals surface area (Å²) in [5.74, 6) is 0.828. The normalized spacial score (nSPS) is 9.47. The predicted molar refractivity (Wildman–Crippen MR) is 61.1 cm³/mol. The van der Waals surface area contributed by atoms with Gasteiger partial charge in [-0.25, -0.2) is 0 Å². The predicted octanol–water partition coefficient (Wildman–Crippen LogP) is 3.01. The van der Waals surface area contributed by atoms with Crippen molar-refractivity contribution in [3.63, 3.8) is 0 Å². The molecule has 0 radical (unpaired) electrons. The Morgan fingerprint density at radius 3 is 1.67 bits per heavy atom. The molecule has 0 aliphatic rings. The van der Waals surface area contributed by atoms with Crippen molar-refractivity contribution in [2.75, 3.05) is 21.3 Å². The third-order valence-electron chi connectivity index (χ3n) is 1.82. The fourth-order valence-electron chi connectivity index (χ4n) is 1.13. The Kier molecular flexibility index (Phi) is 7.68. The summed E-state index contributed by atoms with van der Waals surface area (Å²) in [7, 11) is 4.86. The van der Waals surface area contributed by atoms with Crippen molar-refractivity contribution in [1.29, 1.82) is 0 Å². The van der Waals surface area contributed by atoms with Crippen LogP contribution in [0.4, 0.5) is 0 Å². The second kappa shape index (κ2) is 8.26. The maximum absolute atomic E-state index is 5.10. The summed E-state index contributed by atoms with van der Waals surface area (Å²) in [4.78, 5) is 0. The molecule has 0 aromatic heterocycles. The van der Waals surface area contributed by atoms with Crippen LogP contribution in [0.3, 0.4) is 0 Å². The Balaban J connectivity index is 0.000000921. The van der Waals surface area contributed by atoms with Crippen LogP contribution in [-0.4, -0.2) is 21.3 Å². The standard InChI is InChI=1S/C10H14O3.C2H6/c1-11-9-6-4-8(5-7-9)10(12-2)13-3;1-2/h4-7,10H,1-3H3;1-2H3. The summed E-state index contributed by atoms with van der Waals surface area (Å²) >= 11 is 0. The summed E-state index contributed by atoms with van der Waals surface area (Å²) in [5, 5.41) is 0. The molecule has 0 aliphatic carbocycles. The van der Waals surface area contributed by atoms with Gasteiger partial charge in [-0.1, -0.05) is 26.0 Å². The van der Waals surface area contributed by atoms with Gasteiger partial charge in [0.05, 0.1) is 7.11 Å². The topological polar surface area (TPSA) is 27.7 Å². The molecule has 0 saturated heterocycles. The Labute approximate surface area is 92.0 Å². The second-order valence-electron chi connectivity index (χ2n) is 2.58. The van der Waals surface area contributed by atoms with Crippen LogP contribution in [0.15, 0.2) is 24.3 Å². The van der Waals surface area contributed by atoms with E-state index in [0.717, 1.165) is 11.3 Å². The molecule has 0 aliphatic heterocycles. The van der Waals surface area contributed by atoms with Crippen molar-refractivity contribution >= 4 is 0 Å². The first-order chi connectivity index (χ1) is 7.31.